The second-order valence-corrected chi connectivity index (χ2v) is 4.35. The SMILES string of the molecule is CSc1ncc(CO)c2nc(-c3ccco3)nn12. The molecule has 0 aliphatic heterocycles. The lowest BCUT2D eigenvalue weighted by Crippen LogP contribution is -1.99. The molecule has 0 unspecified atom stereocenters. The van der Waals surface area contributed by atoms with E-state index >= 15 is 0 Å². The molecule has 7 heteroatoms. The van der Waals surface area contributed by atoms with Crippen molar-refractivity contribution in [2.45, 2.75) is 11.8 Å². The molecule has 0 atom stereocenters. The summed E-state index contributed by atoms with van der Waals surface area (Å²) in [4.78, 5) is 8.60. The summed E-state index contributed by atoms with van der Waals surface area (Å²) < 4.78 is 6.89. The van der Waals surface area contributed by atoms with Gasteiger partial charge in [0.1, 0.15) is 0 Å². The molecule has 0 amide bonds. The number of rotatable bonds is 3. The first-order valence-electron chi connectivity index (χ1n) is 5.27. The second-order valence-electron chi connectivity index (χ2n) is 3.58. The number of fused-ring (bicyclic) bond motifs is 1. The zero-order valence-corrected chi connectivity index (χ0v) is 10.4. The molecule has 0 saturated heterocycles. The molecule has 18 heavy (non-hydrogen) atoms. The number of aromatic nitrogens is 4. The molecule has 1 N–H and O–H groups in total. The van der Waals surface area contributed by atoms with E-state index in [1.165, 1.54) is 11.8 Å². The summed E-state index contributed by atoms with van der Waals surface area (Å²) in [6.07, 6.45) is 5.10. The summed E-state index contributed by atoms with van der Waals surface area (Å²) in [6.45, 7) is -0.124. The lowest BCUT2D eigenvalue weighted by atomic mass is 10.3. The second kappa shape index (κ2) is 4.43. The maximum absolute atomic E-state index is 9.29. The van der Waals surface area contributed by atoms with Gasteiger partial charge in [0.2, 0.25) is 5.82 Å². The summed E-state index contributed by atoms with van der Waals surface area (Å²) in [5, 5.41) is 14.4. The summed E-state index contributed by atoms with van der Waals surface area (Å²) in [6, 6.07) is 3.57. The number of nitrogens with zero attached hydrogens (tertiary/aromatic N) is 4. The first-order chi connectivity index (χ1) is 8.83. The van der Waals surface area contributed by atoms with Crippen molar-refractivity contribution in [1.82, 2.24) is 19.6 Å². The van der Waals surface area contributed by atoms with Crippen LogP contribution in [0.25, 0.3) is 17.2 Å². The zero-order valence-electron chi connectivity index (χ0n) is 9.57. The largest absolute Gasteiger partial charge is 0.461 e. The predicted molar refractivity (Wildman–Crippen MR) is 66.2 cm³/mol. The van der Waals surface area contributed by atoms with Gasteiger partial charge in [0.25, 0.3) is 0 Å². The molecule has 0 aliphatic carbocycles. The Morgan fingerprint density at radius 2 is 2.39 bits per heavy atom. The fourth-order valence-electron chi connectivity index (χ4n) is 1.66. The van der Waals surface area contributed by atoms with E-state index in [2.05, 4.69) is 15.1 Å². The molecule has 92 valence electrons. The summed E-state index contributed by atoms with van der Waals surface area (Å²) in [5.74, 6) is 1.08. The number of furan rings is 1. The lowest BCUT2D eigenvalue weighted by Gasteiger charge is -2.01. The molecule has 0 radical (unpaired) electrons. The number of hydrogen-bond acceptors (Lipinski definition) is 6. The minimum atomic E-state index is -0.124. The highest BCUT2D eigenvalue weighted by molar-refractivity contribution is 7.98. The number of aliphatic hydroxyl groups is 1. The summed E-state index contributed by atoms with van der Waals surface area (Å²) in [7, 11) is 0. The van der Waals surface area contributed by atoms with Crippen LogP contribution in [0.4, 0.5) is 0 Å². The summed E-state index contributed by atoms with van der Waals surface area (Å²) >= 11 is 1.47. The van der Waals surface area contributed by atoms with Crippen molar-refractivity contribution in [2.75, 3.05) is 6.26 Å². The van der Waals surface area contributed by atoms with E-state index in [1.807, 2.05) is 6.26 Å². The Labute approximate surface area is 107 Å². The van der Waals surface area contributed by atoms with Crippen LogP contribution in [-0.2, 0) is 6.61 Å². The molecule has 0 bridgehead atoms. The fourth-order valence-corrected chi connectivity index (χ4v) is 2.12. The van der Waals surface area contributed by atoms with Gasteiger partial charge in [-0.15, -0.1) is 5.10 Å². The predicted octanol–water partition coefficient (Wildman–Crippen LogP) is 1.60. The quantitative estimate of drug-likeness (QED) is 0.570. The number of hydrogen-bond donors (Lipinski definition) is 1. The maximum atomic E-state index is 9.29. The van der Waals surface area contributed by atoms with Crippen molar-refractivity contribution >= 4 is 17.4 Å². The van der Waals surface area contributed by atoms with Crippen LogP contribution in [0, 0.1) is 0 Å². The number of thioether (sulfide) groups is 1. The Hall–Kier alpha value is -1.86. The molecular formula is C11H10N4O2S. The smallest absolute Gasteiger partial charge is 0.218 e. The molecule has 3 rings (SSSR count). The van der Waals surface area contributed by atoms with Crippen LogP contribution in [-0.4, -0.2) is 30.9 Å². The average molecular weight is 262 g/mol. The van der Waals surface area contributed by atoms with Crippen molar-refractivity contribution in [3.8, 4) is 11.6 Å². The first-order valence-corrected chi connectivity index (χ1v) is 6.49. The van der Waals surface area contributed by atoms with Gasteiger partial charge >= 0.3 is 0 Å². The van der Waals surface area contributed by atoms with Crippen molar-refractivity contribution < 1.29 is 9.52 Å². The lowest BCUT2D eigenvalue weighted by molar-refractivity contribution is 0.281. The number of aliphatic hydroxyl groups excluding tert-OH is 1. The molecule has 6 nitrogen and oxygen atoms in total. The first kappa shape index (κ1) is 11.2. The maximum Gasteiger partial charge on any atom is 0.218 e. The molecule has 3 aromatic heterocycles. The topological polar surface area (TPSA) is 76.5 Å². The standard InChI is InChI=1S/C11H10N4O2S/c1-18-11-12-5-7(6-16)10-13-9(14-15(10)11)8-3-2-4-17-8/h2-5,16H,6H2,1H3. The van der Waals surface area contributed by atoms with E-state index in [0.29, 0.717) is 28.0 Å². The monoisotopic (exact) mass is 262 g/mol. The molecular weight excluding hydrogens is 252 g/mol. The molecule has 3 aromatic rings. The third-order valence-electron chi connectivity index (χ3n) is 2.50. The fraction of sp³-hybridized carbons (Fsp3) is 0.182. The van der Waals surface area contributed by atoms with Gasteiger partial charge in [0.05, 0.1) is 12.9 Å². The van der Waals surface area contributed by atoms with Gasteiger partial charge < -0.3 is 9.52 Å². The van der Waals surface area contributed by atoms with Gasteiger partial charge in [0.15, 0.2) is 16.6 Å². The van der Waals surface area contributed by atoms with E-state index in [9.17, 15) is 5.11 Å². The minimum absolute atomic E-state index is 0.124. The van der Waals surface area contributed by atoms with Gasteiger partial charge in [0, 0.05) is 11.8 Å². The van der Waals surface area contributed by atoms with Crippen LogP contribution in [0.2, 0.25) is 0 Å². The Morgan fingerprint density at radius 3 is 3.06 bits per heavy atom. The van der Waals surface area contributed by atoms with Gasteiger partial charge in [-0.05, 0) is 18.4 Å². The third-order valence-corrected chi connectivity index (χ3v) is 3.14. The minimum Gasteiger partial charge on any atom is -0.461 e. The molecule has 0 spiro atoms. The van der Waals surface area contributed by atoms with Crippen molar-refractivity contribution in [1.29, 1.82) is 0 Å². The van der Waals surface area contributed by atoms with E-state index in [1.54, 1.807) is 29.1 Å². The van der Waals surface area contributed by atoms with Crippen LogP contribution in [0.5, 0.6) is 0 Å². The molecule has 0 aliphatic rings. The van der Waals surface area contributed by atoms with E-state index in [4.69, 9.17) is 4.42 Å². The van der Waals surface area contributed by atoms with Crippen LogP contribution < -0.4 is 0 Å². The van der Waals surface area contributed by atoms with Crippen LogP contribution in [0.15, 0.2) is 34.2 Å². The highest BCUT2D eigenvalue weighted by atomic mass is 32.2. The Morgan fingerprint density at radius 1 is 1.50 bits per heavy atom. The van der Waals surface area contributed by atoms with Gasteiger partial charge in [-0.2, -0.15) is 4.52 Å². The third kappa shape index (κ3) is 1.68. The summed E-state index contributed by atoms with van der Waals surface area (Å²) in [5.41, 5.74) is 1.24. The van der Waals surface area contributed by atoms with Gasteiger partial charge in [-0.3, -0.25) is 0 Å². The van der Waals surface area contributed by atoms with Crippen LogP contribution >= 0.6 is 11.8 Å². The Bertz CT molecular complexity index is 637. The molecule has 0 saturated carbocycles. The van der Waals surface area contributed by atoms with Crippen LogP contribution in [0.3, 0.4) is 0 Å². The Balaban J connectivity index is 2.26. The van der Waals surface area contributed by atoms with E-state index < -0.39 is 0 Å². The molecule has 3 heterocycles. The average Bonchev–Trinajstić information content (AvgIpc) is 3.05. The zero-order chi connectivity index (χ0) is 12.5. The Kier molecular flexibility index (Phi) is 2.77. The van der Waals surface area contributed by atoms with E-state index in [-0.39, 0.29) is 6.61 Å². The molecule has 0 fully saturated rings. The molecule has 0 aromatic carbocycles. The van der Waals surface area contributed by atoms with Crippen molar-refractivity contribution in [3.05, 3.63) is 30.2 Å². The van der Waals surface area contributed by atoms with Crippen molar-refractivity contribution in [3.63, 3.8) is 0 Å². The highest BCUT2D eigenvalue weighted by Gasteiger charge is 2.14. The van der Waals surface area contributed by atoms with Crippen LogP contribution in [0.1, 0.15) is 5.56 Å². The van der Waals surface area contributed by atoms with Crippen molar-refractivity contribution in [2.24, 2.45) is 0 Å². The van der Waals surface area contributed by atoms with Gasteiger partial charge in [-0.1, -0.05) is 11.8 Å². The van der Waals surface area contributed by atoms with E-state index in [0.717, 1.165) is 0 Å². The normalized spacial score (nSPS) is 11.2. The van der Waals surface area contributed by atoms with Gasteiger partial charge in [-0.25, -0.2) is 9.97 Å². The highest BCUT2D eigenvalue weighted by Crippen LogP contribution is 2.21.